The lowest BCUT2D eigenvalue weighted by Crippen LogP contribution is -2.10. The normalized spacial score (nSPS) is 10.4. The van der Waals surface area contributed by atoms with Crippen molar-refractivity contribution in [2.24, 2.45) is 0 Å². The van der Waals surface area contributed by atoms with Crippen molar-refractivity contribution in [3.8, 4) is 11.6 Å². The van der Waals surface area contributed by atoms with Crippen molar-refractivity contribution < 1.29 is 4.74 Å². The monoisotopic (exact) mass is 308 g/mol. The first-order valence-corrected chi connectivity index (χ1v) is 6.42. The molecule has 94 valence electrons. The third kappa shape index (κ3) is 2.98. The number of benzene rings is 1. The Morgan fingerprint density at radius 2 is 2.17 bits per heavy atom. The summed E-state index contributed by atoms with van der Waals surface area (Å²) in [5.41, 5.74) is 0.774. The molecule has 0 aliphatic heterocycles. The molecule has 0 aliphatic carbocycles. The number of halogens is 1. The van der Waals surface area contributed by atoms with Crippen molar-refractivity contribution in [1.29, 1.82) is 0 Å². The Hall–Kier alpha value is -1.62. The van der Waals surface area contributed by atoms with Gasteiger partial charge in [0.05, 0.1) is 6.07 Å². The van der Waals surface area contributed by atoms with Gasteiger partial charge in [-0.1, -0.05) is 22.9 Å². The smallest absolute Gasteiger partial charge is 0.254 e. The number of hydrogen-bond acceptors (Lipinski definition) is 3. The van der Waals surface area contributed by atoms with Gasteiger partial charge in [-0.2, -0.15) is 4.98 Å². The summed E-state index contributed by atoms with van der Waals surface area (Å²) in [6.07, 6.45) is 0.658. The van der Waals surface area contributed by atoms with Gasteiger partial charge < -0.3 is 9.72 Å². The van der Waals surface area contributed by atoms with E-state index in [2.05, 4.69) is 25.9 Å². The minimum absolute atomic E-state index is 0.202. The number of aromatic amines is 1. The van der Waals surface area contributed by atoms with Crippen LogP contribution in [0.1, 0.15) is 18.3 Å². The van der Waals surface area contributed by atoms with E-state index in [1.807, 2.05) is 32.0 Å². The predicted octanol–water partition coefficient (Wildman–Crippen LogP) is 3.20. The van der Waals surface area contributed by atoms with Gasteiger partial charge in [0, 0.05) is 10.9 Å². The van der Waals surface area contributed by atoms with Crippen LogP contribution in [0.5, 0.6) is 11.6 Å². The van der Waals surface area contributed by atoms with Crippen LogP contribution in [0.4, 0.5) is 0 Å². The molecule has 1 aromatic carbocycles. The predicted molar refractivity (Wildman–Crippen MR) is 73.2 cm³/mol. The molecule has 0 spiro atoms. The number of aryl methyl sites for hydroxylation is 2. The summed E-state index contributed by atoms with van der Waals surface area (Å²) >= 11 is 3.39. The maximum Gasteiger partial charge on any atom is 0.254 e. The van der Waals surface area contributed by atoms with E-state index in [9.17, 15) is 4.79 Å². The zero-order valence-corrected chi connectivity index (χ0v) is 11.7. The van der Waals surface area contributed by atoms with Gasteiger partial charge in [-0.05, 0) is 30.7 Å². The molecule has 2 rings (SSSR count). The summed E-state index contributed by atoms with van der Waals surface area (Å²) in [6.45, 7) is 3.86. The van der Waals surface area contributed by atoms with Gasteiger partial charge in [-0.25, -0.2) is 0 Å². The van der Waals surface area contributed by atoms with Gasteiger partial charge in [0.2, 0.25) is 5.88 Å². The zero-order chi connectivity index (χ0) is 13.1. The molecule has 18 heavy (non-hydrogen) atoms. The maximum absolute atomic E-state index is 11.4. The maximum atomic E-state index is 11.4. The standard InChI is InChI=1S/C13H13BrN2O2/c1-3-11-15-12(17)7-13(16-11)18-10-5-4-9(14)6-8(10)2/h4-7H,3H2,1-2H3,(H,15,16,17). The van der Waals surface area contributed by atoms with E-state index in [0.717, 1.165) is 10.0 Å². The van der Waals surface area contributed by atoms with E-state index in [-0.39, 0.29) is 5.56 Å². The van der Waals surface area contributed by atoms with Crippen LogP contribution in [0.2, 0.25) is 0 Å². The van der Waals surface area contributed by atoms with Crippen molar-refractivity contribution in [1.82, 2.24) is 9.97 Å². The van der Waals surface area contributed by atoms with Gasteiger partial charge in [0.1, 0.15) is 11.6 Å². The number of ether oxygens (including phenoxy) is 1. The molecule has 0 atom stereocenters. The molecule has 0 aliphatic rings. The summed E-state index contributed by atoms with van der Waals surface area (Å²) in [7, 11) is 0. The molecule has 0 bridgehead atoms. The second-order valence-corrected chi connectivity index (χ2v) is 4.81. The van der Waals surface area contributed by atoms with Gasteiger partial charge in [-0.15, -0.1) is 0 Å². The summed E-state index contributed by atoms with van der Waals surface area (Å²) in [4.78, 5) is 18.3. The van der Waals surface area contributed by atoms with E-state index in [1.165, 1.54) is 6.07 Å². The highest BCUT2D eigenvalue weighted by Crippen LogP contribution is 2.25. The zero-order valence-electron chi connectivity index (χ0n) is 10.2. The lowest BCUT2D eigenvalue weighted by Gasteiger charge is -2.08. The molecule has 0 saturated carbocycles. The first-order chi connectivity index (χ1) is 8.58. The Kier molecular flexibility index (Phi) is 3.81. The molecule has 4 nitrogen and oxygen atoms in total. The van der Waals surface area contributed by atoms with E-state index in [4.69, 9.17) is 4.74 Å². The van der Waals surface area contributed by atoms with Gasteiger partial charge in [-0.3, -0.25) is 4.79 Å². The Morgan fingerprint density at radius 1 is 1.39 bits per heavy atom. The highest BCUT2D eigenvalue weighted by Gasteiger charge is 2.05. The molecule has 0 radical (unpaired) electrons. The fourth-order valence-electron chi connectivity index (χ4n) is 1.54. The molecule has 2 aromatic rings. The number of rotatable bonds is 3. The average Bonchev–Trinajstić information content (AvgIpc) is 2.32. The average molecular weight is 309 g/mol. The first kappa shape index (κ1) is 12.8. The van der Waals surface area contributed by atoms with E-state index < -0.39 is 0 Å². The van der Waals surface area contributed by atoms with Crippen molar-refractivity contribution in [2.45, 2.75) is 20.3 Å². The highest BCUT2D eigenvalue weighted by atomic mass is 79.9. The molecule has 0 unspecified atom stereocenters. The minimum atomic E-state index is -0.202. The minimum Gasteiger partial charge on any atom is -0.438 e. The van der Waals surface area contributed by atoms with Crippen LogP contribution in [0.3, 0.4) is 0 Å². The fourth-order valence-corrected chi connectivity index (χ4v) is 2.02. The highest BCUT2D eigenvalue weighted by molar-refractivity contribution is 9.10. The van der Waals surface area contributed by atoms with E-state index in [1.54, 1.807) is 0 Å². The van der Waals surface area contributed by atoms with Crippen LogP contribution in [-0.4, -0.2) is 9.97 Å². The van der Waals surface area contributed by atoms with Crippen LogP contribution < -0.4 is 10.3 Å². The van der Waals surface area contributed by atoms with Crippen molar-refractivity contribution in [3.63, 3.8) is 0 Å². The number of hydrogen-bond donors (Lipinski definition) is 1. The summed E-state index contributed by atoms with van der Waals surface area (Å²) in [5.74, 6) is 1.63. The molecule has 5 heteroatoms. The van der Waals surface area contributed by atoms with Crippen molar-refractivity contribution in [2.75, 3.05) is 0 Å². The van der Waals surface area contributed by atoms with Crippen LogP contribution in [-0.2, 0) is 6.42 Å². The van der Waals surface area contributed by atoms with Gasteiger partial charge in [0.15, 0.2) is 0 Å². The molecule has 0 amide bonds. The number of aromatic nitrogens is 2. The van der Waals surface area contributed by atoms with Crippen molar-refractivity contribution >= 4 is 15.9 Å². The molecule has 1 N–H and O–H groups in total. The molecule has 0 saturated heterocycles. The topological polar surface area (TPSA) is 55.0 Å². The number of nitrogens with zero attached hydrogens (tertiary/aromatic N) is 1. The van der Waals surface area contributed by atoms with E-state index >= 15 is 0 Å². The third-order valence-corrected chi connectivity index (χ3v) is 2.95. The molecular formula is C13H13BrN2O2. The van der Waals surface area contributed by atoms with Crippen LogP contribution in [0.15, 0.2) is 33.5 Å². The Bertz CT molecular complexity index is 623. The van der Waals surface area contributed by atoms with Gasteiger partial charge in [0.25, 0.3) is 5.56 Å². The number of H-pyrrole nitrogens is 1. The van der Waals surface area contributed by atoms with Gasteiger partial charge >= 0.3 is 0 Å². The summed E-state index contributed by atoms with van der Waals surface area (Å²) in [5, 5.41) is 0. The van der Waals surface area contributed by atoms with Crippen LogP contribution in [0, 0.1) is 6.92 Å². The lowest BCUT2D eigenvalue weighted by molar-refractivity contribution is 0.454. The Balaban J connectivity index is 2.33. The van der Waals surface area contributed by atoms with Crippen LogP contribution >= 0.6 is 15.9 Å². The second kappa shape index (κ2) is 5.35. The SMILES string of the molecule is CCc1nc(Oc2ccc(Br)cc2C)cc(=O)[nH]1. The van der Waals surface area contributed by atoms with Crippen molar-refractivity contribution in [3.05, 3.63) is 50.5 Å². The van der Waals surface area contributed by atoms with Crippen LogP contribution in [0.25, 0.3) is 0 Å². The Morgan fingerprint density at radius 3 is 2.83 bits per heavy atom. The first-order valence-electron chi connectivity index (χ1n) is 5.62. The Labute approximate surface area is 113 Å². The lowest BCUT2D eigenvalue weighted by atomic mass is 10.2. The number of nitrogens with one attached hydrogen (secondary N) is 1. The molecule has 0 fully saturated rings. The third-order valence-electron chi connectivity index (χ3n) is 2.45. The largest absolute Gasteiger partial charge is 0.438 e. The van der Waals surface area contributed by atoms with E-state index in [0.29, 0.717) is 23.9 Å². The summed E-state index contributed by atoms with van der Waals surface area (Å²) in [6, 6.07) is 7.02. The molecular weight excluding hydrogens is 296 g/mol. The summed E-state index contributed by atoms with van der Waals surface area (Å²) < 4.78 is 6.62. The quantitative estimate of drug-likeness (QED) is 0.947. The second-order valence-electron chi connectivity index (χ2n) is 3.90. The molecule has 1 heterocycles. The molecule has 1 aromatic heterocycles. The fraction of sp³-hybridized carbons (Fsp3) is 0.231.